The number of aliphatic hydroxyl groups excluding tert-OH is 1. The van der Waals surface area contributed by atoms with Gasteiger partial charge in [0.15, 0.2) is 0 Å². The molecular formula is C14H24O2. The van der Waals surface area contributed by atoms with Crippen LogP contribution >= 0.6 is 0 Å². The van der Waals surface area contributed by atoms with Crippen molar-refractivity contribution in [2.45, 2.75) is 58.2 Å². The molecule has 0 bridgehead atoms. The monoisotopic (exact) mass is 224 g/mol. The lowest BCUT2D eigenvalue weighted by Crippen LogP contribution is -2.49. The van der Waals surface area contributed by atoms with Gasteiger partial charge in [0.2, 0.25) is 0 Å². The van der Waals surface area contributed by atoms with Crippen LogP contribution in [0.1, 0.15) is 46.5 Å². The van der Waals surface area contributed by atoms with Gasteiger partial charge in [0.05, 0.1) is 11.7 Å². The predicted octanol–water partition coefficient (Wildman–Crippen LogP) is 2.50. The molecule has 0 aromatic carbocycles. The molecule has 0 heterocycles. The van der Waals surface area contributed by atoms with Crippen LogP contribution in [0.3, 0.4) is 0 Å². The molecule has 2 heteroatoms. The molecule has 1 fully saturated rings. The molecule has 1 saturated carbocycles. The van der Waals surface area contributed by atoms with E-state index in [0.717, 1.165) is 25.7 Å². The molecule has 0 spiro atoms. The molecule has 0 aromatic heterocycles. The Morgan fingerprint density at radius 3 is 2.75 bits per heavy atom. The topological polar surface area (TPSA) is 40.5 Å². The van der Waals surface area contributed by atoms with E-state index < -0.39 is 5.60 Å². The largest absolute Gasteiger partial charge is 0.393 e. The zero-order valence-corrected chi connectivity index (χ0v) is 10.6. The standard InChI is InChI=1S/C14H24O2/c1-9(2)10-4-5-11-12(8-10)14(3,16)7-6-13(11)15/h4,9,11-13,15-16H,5-8H2,1-3H3/t11?,12?,13-,14+/m0/s1. The van der Waals surface area contributed by atoms with Crippen molar-refractivity contribution in [3.63, 3.8) is 0 Å². The van der Waals surface area contributed by atoms with Crippen LogP contribution in [0.2, 0.25) is 0 Å². The molecule has 2 nitrogen and oxygen atoms in total. The Bertz CT molecular complexity index is 291. The van der Waals surface area contributed by atoms with Gasteiger partial charge in [-0.3, -0.25) is 0 Å². The summed E-state index contributed by atoms with van der Waals surface area (Å²) in [5, 5.41) is 20.5. The maximum atomic E-state index is 10.4. The molecule has 0 aliphatic heterocycles. The first-order valence-electron chi connectivity index (χ1n) is 6.51. The summed E-state index contributed by atoms with van der Waals surface area (Å²) in [6, 6.07) is 0. The third-order valence-electron chi connectivity index (χ3n) is 4.61. The summed E-state index contributed by atoms with van der Waals surface area (Å²) in [5.41, 5.74) is 0.869. The van der Waals surface area contributed by atoms with Gasteiger partial charge in [0, 0.05) is 0 Å². The van der Waals surface area contributed by atoms with Gasteiger partial charge in [0.1, 0.15) is 0 Å². The van der Waals surface area contributed by atoms with E-state index in [1.54, 1.807) is 0 Å². The number of aliphatic hydroxyl groups is 2. The molecule has 2 aliphatic rings. The van der Waals surface area contributed by atoms with Crippen LogP contribution in [-0.4, -0.2) is 21.9 Å². The van der Waals surface area contributed by atoms with Crippen molar-refractivity contribution in [3.05, 3.63) is 11.6 Å². The number of fused-ring (bicyclic) bond motifs is 1. The first-order chi connectivity index (χ1) is 7.42. The molecule has 2 unspecified atom stereocenters. The second-order valence-corrected chi connectivity index (χ2v) is 6.11. The lowest BCUT2D eigenvalue weighted by molar-refractivity contribution is -0.107. The van der Waals surface area contributed by atoms with E-state index in [0.29, 0.717) is 5.92 Å². The summed E-state index contributed by atoms with van der Waals surface area (Å²) in [7, 11) is 0. The van der Waals surface area contributed by atoms with Crippen molar-refractivity contribution >= 4 is 0 Å². The van der Waals surface area contributed by atoms with Crippen LogP contribution in [-0.2, 0) is 0 Å². The summed E-state index contributed by atoms with van der Waals surface area (Å²) in [6.07, 6.45) is 5.47. The van der Waals surface area contributed by atoms with Crippen LogP contribution < -0.4 is 0 Å². The fraction of sp³-hybridized carbons (Fsp3) is 0.857. The van der Waals surface area contributed by atoms with Gasteiger partial charge in [0.25, 0.3) is 0 Å². The van der Waals surface area contributed by atoms with E-state index in [1.807, 2.05) is 6.92 Å². The van der Waals surface area contributed by atoms with Gasteiger partial charge in [-0.2, -0.15) is 0 Å². The van der Waals surface area contributed by atoms with Crippen molar-refractivity contribution in [3.8, 4) is 0 Å². The molecule has 0 amide bonds. The van der Waals surface area contributed by atoms with Crippen LogP contribution in [0, 0.1) is 17.8 Å². The van der Waals surface area contributed by atoms with Crippen molar-refractivity contribution < 1.29 is 10.2 Å². The molecule has 0 saturated heterocycles. The fourth-order valence-electron chi connectivity index (χ4n) is 3.36. The Morgan fingerprint density at radius 1 is 1.44 bits per heavy atom. The Labute approximate surface area is 98.4 Å². The van der Waals surface area contributed by atoms with Gasteiger partial charge < -0.3 is 10.2 Å². The molecular weight excluding hydrogens is 200 g/mol. The normalized spacial score (nSPS) is 44.1. The van der Waals surface area contributed by atoms with E-state index in [4.69, 9.17) is 0 Å². The van der Waals surface area contributed by atoms with Gasteiger partial charge in [-0.1, -0.05) is 25.5 Å². The number of allylic oxidation sites excluding steroid dienone is 2. The van der Waals surface area contributed by atoms with E-state index >= 15 is 0 Å². The minimum absolute atomic E-state index is 0.213. The highest BCUT2D eigenvalue weighted by atomic mass is 16.3. The Morgan fingerprint density at radius 2 is 2.12 bits per heavy atom. The highest BCUT2D eigenvalue weighted by molar-refractivity contribution is 5.15. The van der Waals surface area contributed by atoms with Gasteiger partial charge in [-0.25, -0.2) is 0 Å². The van der Waals surface area contributed by atoms with Crippen molar-refractivity contribution in [2.24, 2.45) is 17.8 Å². The number of hydrogen-bond acceptors (Lipinski definition) is 2. The van der Waals surface area contributed by atoms with E-state index in [2.05, 4.69) is 19.9 Å². The van der Waals surface area contributed by atoms with Crippen LogP contribution in [0.5, 0.6) is 0 Å². The summed E-state index contributed by atoms with van der Waals surface area (Å²) in [6.45, 7) is 6.36. The van der Waals surface area contributed by atoms with Crippen molar-refractivity contribution in [1.82, 2.24) is 0 Å². The average molecular weight is 224 g/mol. The van der Waals surface area contributed by atoms with Crippen molar-refractivity contribution in [1.29, 1.82) is 0 Å². The fourth-order valence-corrected chi connectivity index (χ4v) is 3.36. The van der Waals surface area contributed by atoms with Crippen LogP contribution in [0.25, 0.3) is 0 Å². The zero-order chi connectivity index (χ0) is 11.9. The lowest BCUT2D eigenvalue weighted by atomic mass is 9.62. The van der Waals surface area contributed by atoms with Crippen LogP contribution in [0.15, 0.2) is 11.6 Å². The molecule has 16 heavy (non-hydrogen) atoms. The SMILES string of the molecule is CC(C)C1=CCC2C(C1)[C@](C)(O)CC[C@@H]2O. The minimum Gasteiger partial charge on any atom is -0.393 e. The smallest absolute Gasteiger partial charge is 0.0655 e. The van der Waals surface area contributed by atoms with Gasteiger partial charge in [-0.15, -0.1) is 0 Å². The predicted molar refractivity (Wildman–Crippen MR) is 65.0 cm³/mol. The number of rotatable bonds is 1. The first-order valence-corrected chi connectivity index (χ1v) is 6.51. The Kier molecular flexibility index (Phi) is 3.15. The third kappa shape index (κ3) is 2.05. The van der Waals surface area contributed by atoms with Gasteiger partial charge >= 0.3 is 0 Å². The van der Waals surface area contributed by atoms with Crippen molar-refractivity contribution in [2.75, 3.05) is 0 Å². The minimum atomic E-state index is -0.585. The summed E-state index contributed by atoms with van der Waals surface area (Å²) >= 11 is 0. The molecule has 2 N–H and O–H groups in total. The second-order valence-electron chi connectivity index (χ2n) is 6.11. The Hall–Kier alpha value is -0.340. The Balaban J connectivity index is 2.21. The second kappa shape index (κ2) is 4.15. The molecule has 0 radical (unpaired) electrons. The van der Waals surface area contributed by atoms with E-state index in [9.17, 15) is 10.2 Å². The van der Waals surface area contributed by atoms with E-state index in [-0.39, 0.29) is 17.9 Å². The molecule has 2 rings (SSSR count). The molecule has 92 valence electrons. The first kappa shape index (κ1) is 12.1. The maximum absolute atomic E-state index is 10.4. The van der Waals surface area contributed by atoms with Gasteiger partial charge in [-0.05, 0) is 50.4 Å². The molecule has 0 aromatic rings. The molecule has 2 aliphatic carbocycles. The third-order valence-corrected chi connectivity index (χ3v) is 4.61. The summed E-state index contributed by atoms with van der Waals surface area (Å²) in [5.74, 6) is 1.08. The maximum Gasteiger partial charge on any atom is 0.0655 e. The van der Waals surface area contributed by atoms with E-state index in [1.165, 1.54) is 5.57 Å². The molecule has 4 atom stereocenters. The highest BCUT2D eigenvalue weighted by Gasteiger charge is 2.46. The van der Waals surface area contributed by atoms with Crippen LogP contribution in [0.4, 0.5) is 0 Å². The average Bonchev–Trinajstić information content (AvgIpc) is 2.23. The quantitative estimate of drug-likeness (QED) is 0.672. The summed E-state index contributed by atoms with van der Waals surface area (Å²) < 4.78 is 0. The highest BCUT2D eigenvalue weighted by Crippen LogP contribution is 2.46. The number of hydrogen-bond donors (Lipinski definition) is 2. The summed E-state index contributed by atoms with van der Waals surface area (Å²) in [4.78, 5) is 0. The zero-order valence-electron chi connectivity index (χ0n) is 10.6. The lowest BCUT2D eigenvalue weighted by Gasteiger charge is -2.47.